The molecule has 5 rings (SSSR count). The van der Waals surface area contributed by atoms with E-state index in [1.54, 1.807) is 0 Å². The van der Waals surface area contributed by atoms with E-state index in [0.717, 1.165) is 25.1 Å². The zero-order valence-corrected chi connectivity index (χ0v) is 22.8. The zero-order chi connectivity index (χ0) is 24.0. The van der Waals surface area contributed by atoms with Crippen LogP contribution in [0.3, 0.4) is 0 Å². The Hall–Kier alpha value is -2.22. The SMILES string of the molecule is O=C(I)CCCOc1ccc(-c2sc3ccccc3c2Cc2ccc(CN3CCCC3)cc2)cc1. The van der Waals surface area contributed by atoms with E-state index < -0.39 is 0 Å². The molecule has 0 amide bonds. The minimum atomic E-state index is 0.181. The fourth-order valence-corrected chi connectivity index (χ4v) is 6.39. The topological polar surface area (TPSA) is 29.5 Å². The van der Waals surface area contributed by atoms with Crippen LogP contribution in [-0.4, -0.2) is 28.4 Å². The van der Waals surface area contributed by atoms with Gasteiger partial charge in [-0.05, 0) is 119 Å². The standard InChI is InChI=1S/C30H30INO2S/c31-29(33)8-5-19-34-25-15-13-24(14-16-25)30-27(26-6-1-2-7-28(26)35-30)20-22-9-11-23(12-10-22)21-32-17-3-4-18-32/h1-2,6-7,9-16H,3-5,8,17-21H2. The maximum Gasteiger partial charge on any atom is 0.192 e. The first-order valence-electron chi connectivity index (χ1n) is 12.4. The molecule has 0 unspecified atom stereocenters. The maximum absolute atomic E-state index is 11.1. The molecule has 3 aromatic carbocycles. The summed E-state index contributed by atoms with van der Waals surface area (Å²) in [6.45, 7) is 4.09. The lowest BCUT2D eigenvalue weighted by Gasteiger charge is -2.14. The van der Waals surface area contributed by atoms with Crippen LogP contribution in [0.1, 0.15) is 42.4 Å². The third-order valence-corrected chi connectivity index (χ3v) is 8.41. The van der Waals surface area contributed by atoms with E-state index in [2.05, 4.69) is 65.6 Å². The fraction of sp³-hybridized carbons (Fsp3) is 0.300. The van der Waals surface area contributed by atoms with Gasteiger partial charge in [0, 0.05) is 22.5 Å². The van der Waals surface area contributed by atoms with Crippen molar-refractivity contribution in [2.45, 2.75) is 38.6 Å². The van der Waals surface area contributed by atoms with Gasteiger partial charge in [-0.1, -0.05) is 42.5 Å². The Labute approximate surface area is 225 Å². The summed E-state index contributed by atoms with van der Waals surface area (Å²) >= 11 is 3.71. The molecule has 5 heteroatoms. The summed E-state index contributed by atoms with van der Waals surface area (Å²) in [5.74, 6) is 0.853. The first-order valence-corrected chi connectivity index (χ1v) is 14.3. The number of benzene rings is 3. The van der Waals surface area contributed by atoms with Crippen molar-refractivity contribution in [1.82, 2.24) is 4.90 Å². The summed E-state index contributed by atoms with van der Waals surface area (Å²) in [5.41, 5.74) is 5.38. The molecule has 1 fully saturated rings. The van der Waals surface area contributed by atoms with Crippen LogP contribution in [0.4, 0.5) is 0 Å². The van der Waals surface area contributed by atoms with Crippen molar-refractivity contribution in [3.63, 3.8) is 0 Å². The molecule has 4 aromatic rings. The molecule has 3 nitrogen and oxygen atoms in total. The fourth-order valence-electron chi connectivity index (χ4n) is 4.78. The van der Waals surface area contributed by atoms with Crippen LogP contribution in [0.5, 0.6) is 5.75 Å². The first kappa shape index (κ1) is 24.5. The van der Waals surface area contributed by atoms with E-state index in [-0.39, 0.29) is 3.79 Å². The van der Waals surface area contributed by atoms with Crippen LogP contribution in [-0.2, 0) is 17.8 Å². The average molecular weight is 596 g/mol. The molecule has 35 heavy (non-hydrogen) atoms. The highest BCUT2D eigenvalue weighted by atomic mass is 127. The van der Waals surface area contributed by atoms with Gasteiger partial charge in [0.05, 0.1) is 6.61 Å². The van der Waals surface area contributed by atoms with Crippen LogP contribution in [0.15, 0.2) is 72.8 Å². The Morgan fingerprint density at radius 3 is 2.37 bits per heavy atom. The monoisotopic (exact) mass is 595 g/mol. The third kappa shape index (κ3) is 6.32. The second-order valence-electron chi connectivity index (χ2n) is 9.21. The van der Waals surface area contributed by atoms with Gasteiger partial charge < -0.3 is 4.74 Å². The molecule has 0 atom stereocenters. The Kier molecular flexibility index (Phi) is 8.16. The molecule has 0 radical (unpaired) electrons. The van der Waals surface area contributed by atoms with Gasteiger partial charge in [0.2, 0.25) is 0 Å². The molecule has 0 spiro atoms. The van der Waals surface area contributed by atoms with Crippen molar-refractivity contribution in [1.29, 1.82) is 0 Å². The highest BCUT2D eigenvalue weighted by Crippen LogP contribution is 2.40. The largest absolute Gasteiger partial charge is 0.494 e. The molecule has 1 aliphatic heterocycles. The van der Waals surface area contributed by atoms with Gasteiger partial charge in [0.15, 0.2) is 3.79 Å². The number of nitrogens with zero attached hydrogens (tertiary/aromatic N) is 1. The van der Waals surface area contributed by atoms with Gasteiger partial charge >= 0.3 is 0 Å². The number of hydrogen-bond acceptors (Lipinski definition) is 4. The van der Waals surface area contributed by atoms with E-state index in [0.29, 0.717) is 13.0 Å². The van der Waals surface area contributed by atoms with E-state index in [4.69, 9.17) is 4.74 Å². The van der Waals surface area contributed by atoms with Crippen LogP contribution in [0, 0.1) is 0 Å². The number of halogens is 1. The van der Waals surface area contributed by atoms with Gasteiger partial charge in [0.1, 0.15) is 5.75 Å². The smallest absolute Gasteiger partial charge is 0.192 e. The van der Waals surface area contributed by atoms with Crippen LogP contribution < -0.4 is 4.74 Å². The van der Waals surface area contributed by atoms with Crippen molar-refractivity contribution < 1.29 is 9.53 Å². The summed E-state index contributed by atoms with van der Waals surface area (Å²) in [6, 6.07) is 26.4. The van der Waals surface area contributed by atoms with Crippen molar-refractivity contribution >= 4 is 47.8 Å². The van der Waals surface area contributed by atoms with E-state index in [1.807, 2.05) is 46.1 Å². The molecule has 0 bridgehead atoms. The number of thiophene rings is 1. The van der Waals surface area contributed by atoms with Crippen LogP contribution >= 0.6 is 33.9 Å². The normalized spacial score (nSPS) is 14.0. The maximum atomic E-state index is 11.1. The summed E-state index contributed by atoms with van der Waals surface area (Å²) in [5, 5.41) is 1.34. The number of carbonyl (C=O) groups excluding carboxylic acids is 1. The van der Waals surface area contributed by atoms with Crippen LogP contribution in [0.2, 0.25) is 0 Å². The molecule has 0 aliphatic carbocycles. The first-order chi connectivity index (χ1) is 17.2. The average Bonchev–Trinajstić information content (AvgIpc) is 3.51. The van der Waals surface area contributed by atoms with Gasteiger partial charge in [-0.3, -0.25) is 9.69 Å². The number of fused-ring (bicyclic) bond motifs is 1. The summed E-state index contributed by atoms with van der Waals surface area (Å²) in [7, 11) is 0. The number of ether oxygens (including phenoxy) is 1. The van der Waals surface area contributed by atoms with Gasteiger partial charge in [-0.2, -0.15) is 0 Å². The lowest BCUT2D eigenvalue weighted by Crippen LogP contribution is -2.18. The van der Waals surface area contributed by atoms with E-state index >= 15 is 0 Å². The molecule has 2 heterocycles. The molecule has 1 aliphatic rings. The highest BCUT2D eigenvalue weighted by molar-refractivity contribution is 14.1. The number of carbonyl (C=O) groups is 1. The van der Waals surface area contributed by atoms with E-state index in [9.17, 15) is 4.79 Å². The quantitative estimate of drug-likeness (QED) is 0.106. The Balaban J connectivity index is 1.34. The molecule has 180 valence electrons. The van der Waals surface area contributed by atoms with Gasteiger partial charge in [-0.15, -0.1) is 11.3 Å². The second-order valence-corrected chi connectivity index (χ2v) is 11.5. The number of likely N-dealkylation sites (tertiary alicyclic amines) is 1. The second kappa shape index (κ2) is 11.7. The third-order valence-electron chi connectivity index (χ3n) is 6.61. The molecule has 1 saturated heterocycles. The molecular formula is C30H30INO2S. The summed E-state index contributed by atoms with van der Waals surface area (Å²) < 4.78 is 7.34. The van der Waals surface area contributed by atoms with Gasteiger partial charge in [0.25, 0.3) is 0 Å². The highest BCUT2D eigenvalue weighted by Gasteiger charge is 2.15. The predicted octanol–water partition coefficient (Wildman–Crippen LogP) is 7.88. The summed E-state index contributed by atoms with van der Waals surface area (Å²) in [4.78, 5) is 15.0. The lowest BCUT2D eigenvalue weighted by atomic mass is 9.98. The van der Waals surface area contributed by atoms with Crippen molar-refractivity contribution in [2.75, 3.05) is 19.7 Å². The van der Waals surface area contributed by atoms with Crippen molar-refractivity contribution in [2.24, 2.45) is 0 Å². The van der Waals surface area contributed by atoms with Crippen molar-refractivity contribution in [3.05, 3.63) is 89.5 Å². The summed E-state index contributed by atoms with van der Waals surface area (Å²) in [6.07, 6.45) is 4.90. The molecule has 0 N–H and O–H groups in total. The predicted molar refractivity (Wildman–Crippen MR) is 155 cm³/mol. The van der Waals surface area contributed by atoms with Gasteiger partial charge in [-0.25, -0.2) is 0 Å². The lowest BCUT2D eigenvalue weighted by molar-refractivity contribution is -0.109. The Morgan fingerprint density at radius 1 is 0.914 bits per heavy atom. The van der Waals surface area contributed by atoms with E-state index in [1.165, 1.54) is 63.1 Å². The Bertz CT molecular complexity index is 1270. The molecule has 1 aromatic heterocycles. The minimum Gasteiger partial charge on any atom is -0.494 e. The molecule has 0 saturated carbocycles. The molecular weight excluding hydrogens is 565 g/mol. The Morgan fingerprint density at radius 2 is 1.63 bits per heavy atom. The van der Waals surface area contributed by atoms with Crippen LogP contribution in [0.25, 0.3) is 20.5 Å². The zero-order valence-electron chi connectivity index (χ0n) is 19.8. The minimum absolute atomic E-state index is 0.181. The number of hydrogen-bond donors (Lipinski definition) is 0. The number of rotatable bonds is 10. The van der Waals surface area contributed by atoms with Crippen molar-refractivity contribution in [3.8, 4) is 16.2 Å².